The molecular weight excluding hydrogens is 226 g/mol. The van der Waals surface area contributed by atoms with Gasteiger partial charge in [-0.15, -0.1) is 0 Å². The van der Waals surface area contributed by atoms with Crippen LogP contribution in [0.3, 0.4) is 0 Å². The van der Waals surface area contributed by atoms with Crippen LogP contribution >= 0.6 is 0 Å². The Morgan fingerprint density at radius 3 is 2.72 bits per heavy atom. The lowest BCUT2D eigenvalue weighted by Gasteiger charge is -2.25. The van der Waals surface area contributed by atoms with E-state index in [0.29, 0.717) is 6.61 Å². The van der Waals surface area contributed by atoms with E-state index in [2.05, 4.69) is 19.1 Å². The fraction of sp³-hybridized carbons (Fsp3) is 0.400. The molecule has 3 nitrogen and oxygen atoms in total. The van der Waals surface area contributed by atoms with E-state index >= 15 is 0 Å². The highest BCUT2D eigenvalue weighted by Crippen LogP contribution is 2.26. The molecular formula is C15H19NO2. The molecule has 0 saturated heterocycles. The number of nitrogens with zero attached hydrogens (tertiary/aromatic N) is 1. The molecule has 96 valence electrons. The van der Waals surface area contributed by atoms with E-state index < -0.39 is 5.54 Å². The van der Waals surface area contributed by atoms with Crippen molar-refractivity contribution >= 4 is 16.9 Å². The van der Waals surface area contributed by atoms with Crippen LogP contribution in [0.25, 0.3) is 10.9 Å². The summed E-state index contributed by atoms with van der Waals surface area (Å²) in [4.78, 5) is 12.0. The molecule has 1 aromatic heterocycles. The highest BCUT2D eigenvalue weighted by atomic mass is 16.5. The number of aryl methyl sites for hydroxylation is 1. The van der Waals surface area contributed by atoms with Crippen molar-refractivity contribution in [3.05, 3.63) is 36.0 Å². The number of benzene rings is 1. The first-order valence-electron chi connectivity index (χ1n) is 6.22. The van der Waals surface area contributed by atoms with Crippen molar-refractivity contribution in [2.24, 2.45) is 0 Å². The molecule has 1 aromatic carbocycles. The molecule has 0 aliphatic carbocycles. The third-order valence-electron chi connectivity index (χ3n) is 3.22. The highest BCUT2D eigenvalue weighted by molar-refractivity contribution is 5.85. The van der Waals surface area contributed by atoms with E-state index in [9.17, 15) is 4.79 Å². The summed E-state index contributed by atoms with van der Waals surface area (Å²) in [6.07, 6.45) is 1.95. The third-order valence-corrected chi connectivity index (χ3v) is 3.22. The van der Waals surface area contributed by atoms with Gasteiger partial charge in [0.15, 0.2) is 0 Å². The van der Waals surface area contributed by atoms with Crippen molar-refractivity contribution in [2.45, 2.75) is 33.2 Å². The quantitative estimate of drug-likeness (QED) is 0.777. The number of ether oxygens (including phenoxy) is 1. The van der Waals surface area contributed by atoms with Crippen molar-refractivity contribution in [2.75, 3.05) is 6.61 Å². The predicted octanol–water partition coefficient (Wildman–Crippen LogP) is 3.25. The van der Waals surface area contributed by atoms with Gasteiger partial charge in [0.2, 0.25) is 0 Å². The first-order chi connectivity index (χ1) is 8.46. The molecule has 18 heavy (non-hydrogen) atoms. The maximum atomic E-state index is 12.0. The Morgan fingerprint density at radius 1 is 1.33 bits per heavy atom. The van der Waals surface area contributed by atoms with Gasteiger partial charge >= 0.3 is 5.97 Å². The maximum Gasteiger partial charge on any atom is 0.331 e. The number of carbonyl (C=O) groups excluding carboxylic acids is 1. The minimum absolute atomic E-state index is 0.205. The topological polar surface area (TPSA) is 31.2 Å². The average molecular weight is 245 g/mol. The van der Waals surface area contributed by atoms with Crippen molar-refractivity contribution < 1.29 is 9.53 Å². The Bertz CT molecular complexity index is 581. The second-order valence-electron chi connectivity index (χ2n) is 5.03. The van der Waals surface area contributed by atoms with E-state index in [-0.39, 0.29) is 5.97 Å². The summed E-state index contributed by atoms with van der Waals surface area (Å²) in [5.74, 6) is -0.205. The highest BCUT2D eigenvalue weighted by Gasteiger charge is 2.31. The molecule has 0 unspecified atom stereocenters. The van der Waals surface area contributed by atoms with Gasteiger partial charge in [0, 0.05) is 11.7 Å². The Morgan fingerprint density at radius 2 is 2.06 bits per heavy atom. The summed E-state index contributed by atoms with van der Waals surface area (Å²) in [5, 5.41) is 1.15. The Kier molecular flexibility index (Phi) is 3.16. The SMILES string of the molecule is CCOC(=O)C(C)(C)n1ccc2cc(C)ccc21. The van der Waals surface area contributed by atoms with Crippen molar-refractivity contribution in [3.8, 4) is 0 Å². The normalized spacial score (nSPS) is 11.8. The first-order valence-corrected chi connectivity index (χ1v) is 6.22. The molecule has 0 bridgehead atoms. The number of hydrogen-bond donors (Lipinski definition) is 0. The monoisotopic (exact) mass is 245 g/mol. The Hall–Kier alpha value is -1.77. The van der Waals surface area contributed by atoms with Crippen LogP contribution in [0.1, 0.15) is 26.3 Å². The lowest BCUT2D eigenvalue weighted by molar-refractivity contribution is -0.151. The van der Waals surface area contributed by atoms with Crippen LogP contribution in [0.2, 0.25) is 0 Å². The lowest BCUT2D eigenvalue weighted by Crippen LogP contribution is -2.36. The van der Waals surface area contributed by atoms with Gasteiger partial charge in [-0.2, -0.15) is 0 Å². The molecule has 2 rings (SSSR count). The van der Waals surface area contributed by atoms with E-state index in [1.165, 1.54) is 5.56 Å². The van der Waals surface area contributed by atoms with Crippen LogP contribution in [0.15, 0.2) is 30.5 Å². The molecule has 3 heteroatoms. The zero-order chi connectivity index (χ0) is 13.3. The van der Waals surface area contributed by atoms with E-state index in [1.807, 2.05) is 43.7 Å². The molecule has 0 atom stereocenters. The second kappa shape index (κ2) is 4.48. The van der Waals surface area contributed by atoms with Gasteiger partial charge in [-0.05, 0) is 51.3 Å². The molecule has 0 aliphatic heterocycles. The van der Waals surface area contributed by atoms with E-state index in [1.54, 1.807) is 0 Å². The number of fused-ring (bicyclic) bond motifs is 1. The van der Waals surface area contributed by atoms with Gasteiger partial charge in [0.05, 0.1) is 6.61 Å². The summed E-state index contributed by atoms with van der Waals surface area (Å²) in [6, 6.07) is 8.25. The van der Waals surface area contributed by atoms with Crippen molar-refractivity contribution in [1.29, 1.82) is 0 Å². The van der Waals surface area contributed by atoms with Crippen LogP contribution in [0.5, 0.6) is 0 Å². The molecule has 0 radical (unpaired) electrons. The number of hydrogen-bond acceptors (Lipinski definition) is 2. The minimum atomic E-state index is -0.687. The largest absolute Gasteiger partial charge is 0.464 e. The van der Waals surface area contributed by atoms with Gasteiger partial charge < -0.3 is 9.30 Å². The summed E-state index contributed by atoms with van der Waals surface area (Å²) in [5.41, 5.74) is 1.58. The van der Waals surface area contributed by atoms with Crippen molar-refractivity contribution in [1.82, 2.24) is 4.57 Å². The molecule has 0 spiro atoms. The van der Waals surface area contributed by atoms with E-state index in [4.69, 9.17) is 4.74 Å². The number of esters is 1. The van der Waals surface area contributed by atoms with E-state index in [0.717, 1.165) is 10.9 Å². The summed E-state index contributed by atoms with van der Waals surface area (Å²) >= 11 is 0. The minimum Gasteiger partial charge on any atom is -0.464 e. The molecule has 0 saturated carbocycles. The molecule has 0 N–H and O–H groups in total. The van der Waals surface area contributed by atoms with Crippen molar-refractivity contribution in [3.63, 3.8) is 0 Å². The smallest absolute Gasteiger partial charge is 0.331 e. The van der Waals surface area contributed by atoms with Gasteiger partial charge in [0.25, 0.3) is 0 Å². The van der Waals surface area contributed by atoms with Crippen LogP contribution < -0.4 is 0 Å². The van der Waals surface area contributed by atoms with Gasteiger partial charge in [-0.3, -0.25) is 0 Å². The fourth-order valence-corrected chi connectivity index (χ4v) is 2.16. The first kappa shape index (κ1) is 12.7. The maximum absolute atomic E-state index is 12.0. The number of carbonyl (C=O) groups is 1. The van der Waals surface area contributed by atoms with Crippen LogP contribution in [-0.4, -0.2) is 17.1 Å². The molecule has 0 amide bonds. The standard InChI is InChI=1S/C15H19NO2/c1-5-18-14(17)15(3,4)16-9-8-12-10-11(2)6-7-13(12)16/h6-10H,5H2,1-4H3. The average Bonchev–Trinajstić information content (AvgIpc) is 2.72. The number of rotatable bonds is 3. The zero-order valence-corrected chi connectivity index (χ0v) is 11.4. The van der Waals surface area contributed by atoms with Gasteiger partial charge in [-0.25, -0.2) is 4.79 Å². The van der Waals surface area contributed by atoms with Gasteiger partial charge in [0.1, 0.15) is 5.54 Å². The molecule has 1 heterocycles. The second-order valence-corrected chi connectivity index (χ2v) is 5.03. The zero-order valence-electron chi connectivity index (χ0n) is 11.4. The summed E-state index contributed by atoms with van der Waals surface area (Å²) in [7, 11) is 0. The van der Waals surface area contributed by atoms with Crippen LogP contribution in [0.4, 0.5) is 0 Å². The lowest BCUT2D eigenvalue weighted by atomic mass is 10.1. The molecule has 0 aliphatic rings. The van der Waals surface area contributed by atoms with Crippen LogP contribution in [-0.2, 0) is 15.1 Å². The summed E-state index contributed by atoms with van der Waals surface area (Å²) < 4.78 is 7.12. The summed E-state index contributed by atoms with van der Waals surface area (Å²) in [6.45, 7) is 8.05. The molecule has 0 fully saturated rings. The third kappa shape index (κ3) is 2.01. The Labute approximate surface area is 107 Å². The van der Waals surface area contributed by atoms with Crippen LogP contribution in [0, 0.1) is 6.92 Å². The van der Waals surface area contributed by atoms with Gasteiger partial charge in [-0.1, -0.05) is 11.6 Å². The number of aromatic nitrogens is 1. The fourth-order valence-electron chi connectivity index (χ4n) is 2.16. The Balaban J connectivity index is 2.50. The molecule has 2 aromatic rings. The predicted molar refractivity (Wildman–Crippen MR) is 72.6 cm³/mol.